The van der Waals surface area contributed by atoms with Gasteiger partial charge in [0.25, 0.3) is 0 Å². The van der Waals surface area contributed by atoms with E-state index in [0.717, 1.165) is 21.3 Å². The Morgan fingerprint density at radius 3 is 0.905 bits per heavy atom. The standard InChI is InChI=1S/C12H12O9/c1-19-7-4(10(13)14)8(20-2)6(12(17)18)9(21-3)5(7)11(15)16/h1-3H3,(H,13,14)(H,15,16)(H,17,18). The van der Waals surface area contributed by atoms with Crippen molar-refractivity contribution in [3.8, 4) is 17.2 Å². The second kappa shape index (κ2) is 5.99. The SMILES string of the molecule is COc1c(C(=O)O)c(OC)c(C(=O)O)c(OC)c1C(=O)O. The molecule has 1 aromatic rings. The summed E-state index contributed by atoms with van der Waals surface area (Å²) in [6, 6.07) is 0. The van der Waals surface area contributed by atoms with Crippen molar-refractivity contribution in [1.82, 2.24) is 0 Å². The molecule has 0 aliphatic carbocycles. The van der Waals surface area contributed by atoms with E-state index in [1.54, 1.807) is 0 Å². The molecular weight excluding hydrogens is 288 g/mol. The summed E-state index contributed by atoms with van der Waals surface area (Å²) in [5, 5.41) is 27.6. The lowest BCUT2D eigenvalue weighted by molar-refractivity contribution is 0.0682. The maximum atomic E-state index is 11.3. The first kappa shape index (κ1) is 16.1. The molecule has 0 unspecified atom stereocenters. The van der Waals surface area contributed by atoms with Gasteiger partial charge in [0.05, 0.1) is 21.3 Å². The Balaban J connectivity index is 4.11. The number of carbonyl (C=O) groups is 3. The van der Waals surface area contributed by atoms with Crippen LogP contribution in [0.25, 0.3) is 0 Å². The molecule has 0 atom stereocenters. The second-order valence-corrected chi connectivity index (χ2v) is 3.64. The first-order valence-electron chi connectivity index (χ1n) is 5.37. The molecule has 0 aromatic heterocycles. The van der Waals surface area contributed by atoms with E-state index in [0.29, 0.717) is 0 Å². The topological polar surface area (TPSA) is 140 Å². The van der Waals surface area contributed by atoms with Gasteiger partial charge in [-0.2, -0.15) is 0 Å². The highest BCUT2D eigenvalue weighted by Crippen LogP contribution is 2.43. The van der Waals surface area contributed by atoms with Gasteiger partial charge in [0.2, 0.25) is 0 Å². The minimum Gasteiger partial charge on any atom is -0.495 e. The van der Waals surface area contributed by atoms with Crippen molar-refractivity contribution in [1.29, 1.82) is 0 Å². The molecule has 0 saturated heterocycles. The molecule has 0 amide bonds. The minimum absolute atomic E-state index is 0.561. The van der Waals surface area contributed by atoms with Gasteiger partial charge in [-0.25, -0.2) is 14.4 Å². The van der Waals surface area contributed by atoms with E-state index in [2.05, 4.69) is 0 Å². The zero-order valence-electron chi connectivity index (χ0n) is 11.3. The van der Waals surface area contributed by atoms with Crippen molar-refractivity contribution < 1.29 is 43.9 Å². The minimum atomic E-state index is -1.60. The van der Waals surface area contributed by atoms with E-state index in [1.165, 1.54) is 0 Å². The Morgan fingerprint density at radius 1 is 0.619 bits per heavy atom. The molecule has 21 heavy (non-hydrogen) atoms. The number of hydrogen-bond acceptors (Lipinski definition) is 6. The Labute approximate surface area is 118 Å². The fourth-order valence-electron chi connectivity index (χ4n) is 1.88. The lowest BCUT2D eigenvalue weighted by Gasteiger charge is -2.18. The van der Waals surface area contributed by atoms with Crippen molar-refractivity contribution in [2.24, 2.45) is 0 Å². The fraction of sp³-hybridized carbons (Fsp3) is 0.250. The molecule has 1 rings (SSSR count). The summed E-state index contributed by atoms with van der Waals surface area (Å²) in [5.41, 5.74) is -2.14. The van der Waals surface area contributed by atoms with E-state index in [4.69, 9.17) is 14.2 Å². The average molecular weight is 300 g/mol. The first-order chi connectivity index (χ1) is 9.81. The lowest BCUT2D eigenvalue weighted by Crippen LogP contribution is -2.16. The smallest absolute Gasteiger partial charge is 0.343 e. The van der Waals surface area contributed by atoms with E-state index in [9.17, 15) is 29.7 Å². The number of rotatable bonds is 6. The molecule has 0 aliphatic heterocycles. The highest BCUT2D eigenvalue weighted by molar-refractivity contribution is 6.09. The molecule has 114 valence electrons. The van der Waals surface area contributed by atoms with E-state index >= 15 is 0 Å². The first-order valence-corrected chi connectivity index (χ1v) is 5.37. The number of aromatic carboxylic acids is 3. The number of benzene rings is 1. The number of hydrogen-bond donors (Lipinski definition) is 3. The Morgan fingerprint density at radius 2 is 0.810 bits per heavy atom. The van der Waals surface area contributed by atoms with Crippen molar-refractivity contribution >= 4 is 17.9 Å². The van der Waals surface area contributed by atoms with Crippen LogP contribution in [-0.2, 0) is 0 Å². The third-order valence-corrected chi connectivity index (χ3v) is 2.62. The van der Waals surface area contributed by atoms with Crippen molar-refractivity contribution in [3.05, 3.63) is 16.7 Å². The summed E-state index contributed by atoms with van der Waals surface area (Å²) in [5.74, 6) is -6.49. The van der Waals surface area contributed by atoms with Crippen LogP contribution in [-0.4, -0.2) is 54.6 Å². The summed E-state index contributed by atoms with van der Waals surface area (Å²) in [6.07, 6.45) is 0. The number of methoxy groups -OCH3 is 3. The molecule has 1 aromatic carbocycles. The molecule has 0 aliphatic rings. The van der Waals surface area contributed by atoms with Crippen LogP contribution < -0.4 is 14.2 Å². The van der Waals surface area contributed by atoms with Gasteiger partial charge in [-0.3, -0.25) is 0 Å². The maximum Gasteiger partial charge on any atom is 0.343 e. The Bertz CT molecular complexity index is 511. The lowest BCUT2D eigenvalue weighted by atomic mass is 9.99. The van der Waals surface area contributed by atoms with Crippen molar-refractivity contribution in [3.63, 3.8) is 0 Å². The third kappa shape index (κ3) is 2.53. The molecule has 0 heterocycles. The molecule has 3 N–H and O–H groups in total. The number of carboxylic acid groups (broad SMARTS) is 3. The summed E-state index contributed by atoms with van der Waals surface area (Å²) in [7, 11) is 3.15. The van der Waals surface area contributed by atoms with E-state index < -0.39 is 51.8 Å². The van der Waals surface area contributed by atoms with Crippen LogP contribution in [0.1, 0.15) is 31.1 Å². The molecule has 0 fully saturated rings. The van der Waals surface area contributed by atoms with E-state index in [-0.39, 0.29) is 0 Å². The Hall–Kier alpha value is -2.97. The van der Waals surface area contributed by atoms with Crippen molar-refractivity contribution in [2.75, 3.05) is 21.3 Å². The van der Waals surface area contributed by atoms with Gasteiger partial charge in [0.15, 0.2) is 17.2 Å². The van der Waals surface area contributed by atoms with Gasteiger partial charge < -0.3 is 29.5 Å². The predicted octanol–water partition coefficient (Wildman–Crippen LogP) is 0.807. The molecule has 0 saturated carbocycles. The van der Waals surface area contributed by atoms with Crippen LogP contribution in [0.4, 0.5) is 0 Å². The third-order valence-electron chi connectivity index (χ3n) is 2.62. The zero-order chi connectivity index (χ0) is 16.3. The molecule has 0 radical (unpaired) electrons. The van der Waals surface area contributed by atoms with Crippen LogP contribution in [0.15, 0.2) is 0 Å². The number of carboxylic acids is 3. The van der Waals surface area contributed by atoms with Crippen LogP contribution >= 0.6 is 0 Å². The van der Waals surface area contributed by atoms with Crippen LogP contribution in [0.2, 0.25) is 0 Å². The number of ether oxygens (including phenoxy) is 3. The monoisotopic (exact) mass is 300 g/mol. The molecular formula is C12H12O9. The van der Waals surface area contributed by atoms with Gasteiger partial charge >= 0.3 is 17.9 Å². The summed E-state index contributed by atoms with van der Waals surface area (Å²) in [4.78, 5) is 34.0. The van der Waals surface area contributed by atoms with Gasteiger partial charge in [-0.05, 0) is 0 Å². The van der Waals surface area contributed by atoms with E-state index in [1.807, 2.05) is 0 Å². The summed E-state index contributed by atoms with van der Waals surface area (Å²) < 4.78 is 14.4. The normalized spacial score (nSPS) is 9.86. The average Bonchev–Trinajstić information content (AvgIpc) is 2.42. The maximum absolute atomic E-state index is 11.3. The van der Waals surface area contributed by atoms with Gasteiger partial charge in [-0.15, -0.1) is 0 Å². The fourth-order valence-corrected chi connectivity index (χ4v) is 1.88. The molecule has 9 nitrogen and oxygen atoms in total. The summed E-state index contributed by atoms with van der Waals surface area (Å²) in [6.45, 7) is 0. The Kier molecular flexibility index (Phi) is 4.59. The van der Waals surface area contributed by atoms with Crippen LogP contribution in [0.3, 0.4) is 0 Å². The molecule has 9 heteroatoms. The predicted molar refractivity (Wildman–Crippen MR) is 67.0 cm³/mol. The van der Waals surface area contributed by atoms with Crippen molar-refractivity contribution in [2.45, 2.75) is 0 Å². The van der Waals surface area contributed by atoms with Gasteiger partial charge in [-0.1, -0.05) is 0 Å². The molecule has 0 bridgehead atoms. The van der Waals surface area contributed by atoms with Crippen LogP contribution in [0.5, 0.6) is 17.2 Å². The second-order valence-electron chi connectivity index (χ2n) is 3.64. The summed E-state index contributed by atoms with van der Waals surface area (Å²) >= 11 is 0. The quantitative estimate of drug-likeness (QED) is 0.695. The van der Waals surface area contributed by atoms with Gasteiger partial charge in [0, 0.05) is 0 Å². The zero-order valence-corrected chi connectivity index (χ0v) is 11.3. The highest BCUT2D eigenvalue weighted by Gasteiger charge is 2.35. The van der Waals surface area contributed by atoms with Gasteiger partial charge in [0.1, 0.15) is 16.7 Å². The van der Waals surface area contributed by atoms with Crippen LogP contribution in [0, 0.1) is 0 Å². The largest absolute Gasteiger partial charge is 0.495 e. The molecule has 0 spiro atoms. The highest BCUT2D eigenvalue weighted by atomic mass is 16.5.